The number of hydrogen-bond acceptors (Lipinski definition) is 4. The molecule has 0 unspecified atom stereocenters. The fourth-order valence-corrected chi connectivity index (χ4v) is 4.27. The van der Waals surface area contributed by atoms with Crippen LogP contribution in [0, 0.1) is 23.6 Å². The van der Waals surface area contributed by atoms with E-state index in [1.807, 2.05) is 0 Å². The third-order valence-corrected chi connectivity index (χ3v) is 4.89. The van der Waals surface area contributed by atoms with E-state index in [1.54, 1.807) is 0 Å². The van der Waals surface area contributed by atoms with E-state index in [0.29, 0.717) is 11.8 Å². The Bertz CT molecular complexity index is 520. The lowest BCUT2D eigenvalue weighted by Crippen LogP contribution is -2.60. The average Bonchev–Trinajstić information content (AvgIpc) is 2.42. The molecule has 1 aromatic rings. The van der Waals surface area contributed by atoms with E-state index in [9.17, 15) is 9.18 Å². The van der Waals surface area contributed by atoms with Crippen LogP contribution in [0.25, 0.3) is 0 Å². The molecule has 4 heterocycles. The van der Waals surface area contributed by atoms with E-state index in [-0.39, 0.29) is 11.7 Å². The molecule has 1 aliphatic carbocycles. The van der Waals surface area contributed by atoms with Gasteiger partial charge in [-0.2, -0.15) is 0 Å². The molecule has 0 N–H and O–H groups in total. The number of ether oxygens (including phenoxy) is 1. The maximum Gasteiger partial charge on any atom is 0.340 e. The van der Waals surface area contributed by atoms with Gasteiger partial charge in [-0.3, -0.25) is 4.98 Å². The topological polar surface area (TPSA) is 42.4 Å². The molecular weight excluding hydrogens is 259 g/mol. The fraction of sp³-hybridized carbons (Fsp3) is 0.600. The second kappa shape index (κ2) is 4.52. The van der Waals surface area contributed by atoms with Gasteiger partial charge in [0.1, 0.15) is 11.9 Å². The minimum atomic E-state index is -0.504. The lowest BCUT2D eigenvalue weighted by Gasteiger charge is -2.55. The van der Waals surface area contributed by atoms with Crippen LogP contribution in [-0.4, -0.2) is 41.6 Å². The van der Waals surface area contributed by atoms with Gasteiger partial charge in [-0.15, -0.1) is 0 Å². The molecule has 4 bridgehead atoms. The highest BCUT2D eigenvalue weighted by Gasteiger charge is 2.49. The van der Waals surface area contributed by atoms with E-state index >= 15 is 0 Å². The molecule has 0 aromatic carbocycles. The molecule has 0 radical (unpaired) electrons. The molecule has 2 atom stereocenters. The molecule has 5 heteroatoms. The van der Waals surface area contributed by atoms with Crippen molar-refractivity contribution in [1.29, 1.82) is 0 Å². The van der Waals surface area contributed by atoms with Gasteiger partial charge in [0.25, 0.3) is 0 Å². The van der Waals surface area contributed by atoms with Gasteiger partial charge in [-0.1, -0.05) is 0 Å². The molecule has 4 nitrogen and oxygen atoms in total. The van der Waals surface area contributed by atoms with Crippen LogP contribution in [0.15, 0.2) is 18.5 Å². The van der Waals surface area contributed by atoms with Crippen molar-refractivity contribution < 1.29 is 13.9 Å². The lowest BCUT2D eigenvalue weighted by molar-refractivity contribution is -0.116. The smallest absolute Gasteiger partial charge is 0.340 e. The molecule has 5 rings (SSSR count). The van der Waals surface area contributed by atoms with Crippen LogP contribution >= 0.6 is 0 Å². The standard InChI is InChI=1S/C15H17FN2O2/c16-13-3-10(4-17-5-13)15(19)20-14-11-1-9-2-12(14)8-18(6-9)7-11/h3-5,9,11-12,14H,1-2,6-8H2/t9?,11-,12-,14?/m0/s1. The van der Waals surface area contributed by atoms with E-state index in [4.69, 9.17) is 4.74 Å². The number of rotatable bonds is 2. The van der Waals surface area contributed by atoms with Gasteiger partial charge in [0.05, 0.1) is 11.8 Å². The molecule has 0 spiro atoms. The van der Waals surface area contributed by atoms with Crippen LogP contribution in [0.3, 0.4) is 0 Å². The van der Waals surface area contributed by atoms with Crippen LogP contribution in [0.2, 0.25) is 0 Å². The highest BCUT2D eigenvalue weighted by Crippen LogP contribution is 2.44. The number of piperidine rings is 3. The van der Waals surface area contributed by atoms with Gasteiger partial charge in [0.15, 0.2) is 0 Å². The Balaban J connectivity index is 1.50. The van der Waals surface area contributed by atoms with Crippen molar-refractivity contribution >= 4 is 5.97 Å². The van der Waals surface area contributed by atoms with Crippen LogP contribution in [0.4, 0.5) is 4.39 Å². The summed E-state index contributed by atoms with van der Waals surface area (Å²) in [7, 11) is 0. The maximum atomic E-state index is 13.1. The Morgan fingerprint density at radius 2 is 2.00 bits per heavy atom. The van der Waals surface area contributed by atoms with Crippen LogP contribution in [-0.2, 0) is 4.74 Å². The predicted octanol–water partition coefficient (Wildman–Crippen LogP) is 1.72. The molecule has 20 heavy (non-hydrogen) atoms. The summed E-state index contributed by atoms with van der Waals surface area (Å²) in [4.78, 5) is 18.3. The summed E-state index contributed by atoms with van der Waals surface area (Å²) in [5, 5.41) is 0. The van der Waals surface area contributed by atoms with E-state index < -0.39 is 11.8 Å². The largest absolute Gasteiger partial charge is 0.458 e. The summed E-state index contributed by atoms with van der Waals surface area (Å²) in [5.41, 5.74) is 0.208. The quantitative estimate of drug-likeness (QED) is 0.771. The van der Waals surface area contributed by atoms with Gasteiger partial charge < -0.3 is 9.64 Å². The monoisotopic (exact) mass is 276 g/mol. The van der Waals surface area contributed by atoms with Crippen molar-refractivity contribution in [2.75, 3.05) is 19.6 Å². The normalized spacial score (nSPS) is 38.0. The van der Waals surface area contributed by atoms with Gasteiger partial charge in [0.2, 0.25) is 0 Å². The average molecular weight is 276 g/mol. The molecule has 106 valence electrons. The fourth-order valence-electron chi connectivity index (χ4n) is 4.27. The van der Waals surface area contributed by atoms with E-state index in [1.165, 1.54) is 18.8 Å². The van der Waals surface area contributed by atoms with Gasteiger partial charge in [-0.05, 0) is 24.8 Å². The highest BCUT2D eigenvalue weighted by molar-refractivity contribution is 5.89. The maximum absolute atomic E-state index is 13.1. The molecule has 4 aliphatic rings. The lowest BCUT2D eigenvalue weighted by atomic mass is 9.66. The third kappa shape index (κ3) is 2.00. The number of nitrogens with zero attached hydrogens (tertiary/aromatic N) is 2. The number of pyridine rings is 1. The molecule has 3 aliphatic heterocycles. The van der Waals surface area contributed by atoms with Gasteiger partial charge in [0, 0.05) is 37.7 Å². The van der Waals surface area contributed by atoms with Crippen molar-refractivity contribution in [3.05, 3.63) is 29.8 Å². The minimum absolute atomic E-state index is 0.00133. The first kappa shape index (κ1) is 12.3. The molecule has 0 amide bonds. The van der Waals surface area contributed by atoms with Crippen LogP contribution < -0.4 is 0 Å². The Morgan fingerprint density at radius 3 is 2.65 bits per heavy atom. The summed E-state index contributed by atoms with van der Waals surface area (Å²) in [6, 6.07) is 1.19. The molecule has 1 saturated carbocycles. The SMILES string of the molecule is O=C(OC1[C@H]2CC3C[C@H]1CN(C3)C2)c1cncc(F)c1. The Hall–Kier alpha value is -1.49. The third-order valence-electron chi connectivity index (χ3n) is 4.89. The second-order valence-electron chi connectivity index (χ2n) is 6.34. The van der Waals surface area contributed by atoms with Gasteiger partial charge in [-0.25, -0.2) is 9.18 Å². The van der Waals surface area contributed by atoms with E-state index in [2.05, 4.69) is 9.88 Å². The van der Waals surface area contributed by atoms with Crippen molar-refractivity contribution in [1.82, 2.24) is 9.88 Å². The zero-order chi connectivity index (χ0) is 13.7. The Labute approximate surface area is 116 Å². The molecule has 4 fully saturated rings. The predicted molar refractivity (Wildman–Crippen MR) is 69.5 cm³/mol. The Morgan fingerprint density at radius 1 is 1.25 bits per heavy atom. The van der Waals surface area contributed by atoms with Crippen molar-refractivity contribution in [2.45, 2.75) is 18.9 Å². The van der Waals surface area contributed by atoms with Crippen molar-refractivity contribution in [3.63, 3.8) is 0 Å². The summed E-state index contributed by atoms with van der Waals surface area (Å²) >= 11 is 0. The molecule has 1 aromatic heterocycles. The Kier molecular flexibility index (Phi) is 2.77. The molecule has 3 saturated heterocycles. The van der Waals surface area contributed by atoms with Crippen LogP contribution in [0.5, 0.6) is 0 Å². The first-order chi connectivity index (χ1) is 9.69. The minimum Gasteiger partial charge on any atom is -0.458 e. The van der Waals surface area contributed by atoms with Crippen LogP contribution in [0.1, 0.15) is 23.2 Å². The molecular formula is C15H17FN2O2. The zero-order valence-electron chi connectivity index (χ0n) is 11.2. The summed E-state index contributed by atoms with van der Waals surface area (Å²) in [5.74, 6) is 0.733. The number of hydrogen-bond donors (Lipinski definition) is 0. The highest BCUT2D eigenvalue weighted by atomic mass is 19.1. The van der Waals surface area contributed by atoms with E-state index in [0.717, 1.165) is 38.0 Å². The second-order valence-corrected chi connectivity index (χ2v) is 6.34. The summed E-state index contributed by atoms with van der Waals surface area (Å²) in [6.45, 7) is 3.28. The number of esters is 1. The summed E-state index contributed by atoms with van der Waals surface area (Å²) < 4.78 is 18.8. The zero-order valence-corrected chi connectivity index (χ0v) is 11.2. The number of aromatic nitrogens is 1. The first-order valence-corrected chi connectivity index (χ1v) is 7.23. The number of halogens is 1. The summed E-state index contributed by atoms with van der Waals surface area (Å²) in [6.07, 6.45) is 4.77. The first-order valence-electron chi connectivity index (χ1n) is 7.23. The van der Waals surface area contributed by atoms with Crippen molar-refractivity contribution in [3.8, 4) is 0 Å². The van der Waals surface area contributed by atoms with Crippen molar-refractivity contribution in [2.24, 2.45) is 17.8 Å². The van der Waals surface area contributed by atoms with Gasteiger partial charge >= 0.3 is 5.97 Å². The number of carbonyl (C=O) groups is 1. The number of carbonyl (C=O) groups excluding carboxylic acids is 1.